The molecule has 0 radical (unpaired) electrons. The van der Waals surface area contributed by atoms with E-state index in [1.807, 2.05) is 0 Å². The van der Waals surface area contributed by atoms with E-state index in [0.29, 0.717) is 4.90 Å². The number of hydrogen-bond acceptors (Lipinski definition) is 6. The number of methoxy groups -OCH3 is 1. The number of hydrogen-bond donors (Lipinski definition) is 0. The molecule has 22 heavy (non-hydrogen) atoms. The zero-order chi connectivity index (χ0) is 17.2. The van der Waals surface area contributed by atoms with E-state index >= 15 is 0 Å². The Bertz CT molecular complexity index is 610. The smallest absolute Gasteiger partial charge is 0.416 e. The molecule has 0 saturated heterocycles. The van der Waals surface area contributed by atoms with Crippen molar-refractivity contribution in [3.63, 3.8) is 0 Å². The average molecular weight is 323 g/mol. The second kappa shape index (κ2) is 5.83. The van der Waals surface area contributed by atoms with E-state index in [2.05, 4.69) is 4.74 Å². The highest BCUT2D eigenvalue weighted by molar-refractivity contribution is 5.94. The van der Waals surface area contributed by atoms with Gasteiger partial charge in [0.15, 0.2) is 0 Å². The molecular weight excluding hydrogens is 315 g/mol. The van der Waals surface area contributed by atoms with E-state index in [9.17, 15) is 38.2 Å². The van der Waals surface area contributed by atoms with Crippen molar-refractivity contribution in [2.75, 3.05) is 19.1 Å². The number of anilines is 1. The Kier molecular flexibility index (Phi) is 4.54. The van der Waals surface area contributed by atoms with Gasteiger partial charge in [-0.05, 0) is 0 Å². The number of halogens is 3. The van der Waals surface area contributed by atoms with E-state index in [4.69, 9.17) is 0 Å². The van der Waals surface area contributed by atoms with Gasteiger partial charge in [0.1, 0.15) is 0 Å². The number of amides is 1. The van der Waals surface area contributed by atoms with Gasteiger partial charge >= 0.3 is 23.6 Å². The first-order chi connectivity index (χ1) is 10.0. The molecule has 0 unspecified atom stereocenters. The number of benzene rings is 1. The summed E-state index contributed by atoms with van der Waals surface area (Å²) in [6, 6.07) is 0.226. The molecule has 1 rings (SSSR count). The van der Waals surface area contributed by atoms with Gasteiger partial charge in [-0.15, -0.1) is 0 Å². The fraction of sp³-hybridized carbons (Fsp3) is 0.300. The molecule has 9 nitrogen and oxygen atoms in total. The van der Waals surface area contributed by atoms with Crippen LogP contribution in [0.15, 0.2) is 12.1 Å². The highest BCUT2D eigenvalue weighted by Gasteiger charge is 2.39. The summed E-state index contributed by atoms with van der Waals surface area (Å²) in [6.45, 7) is 0. The van der Waals surface area contributed by atoms with Crippen molar-refractivity contribution in [3.05, 3.63) is 37.9 Å². The first kappa shape index (κ1) is 17.1. The van der Waals surface area contributed by atoms with E-state index in [0.717, 1.165) is 14.2 Å². The van der Waals surface area contributed by atoms with Gasteiger partial charge in [0.05, 0.1) is 22.5 Å². The SMILES string of the molecule is COC(=O)N(C)c1c([N+](=O)[O-])cc(C(F)(F)F)cc1[N+](=O)[O-]. The molecule has 1 aromatic rings. The van der Waals surface area contributed by atoms with Crippen molar-refractivity contribution in [2.45, 2.75) is 6.18 Å². The van der Waals surface area contributed by atoms with Crippen molar-refractivity contribution < 1.29 is 32.5 Å². The van der Waals surface area contributed by atoms with Crippen LogP contribution in [0.5, 0.6) is 0 Å². The summed E-state index contributed by atoms with van der Waals surface area (Å²) in [6.07, 6.45) is -6.25. The first-order valence-corrected chi connectivity index (χ1v) is 5.36. The van der Waals surface area contributed by atoms with E-state index in [1.54, 1.807) is 0 Å². The number of alkyl halides is 3. The summed E-state index contributed by atoms with van der Waals surface area (Å²) < 4.78 is 42.3. The number of ether oxygens (including phenoxy) is 1. The van der Waals surface area contributed by atoms with E-state index < -0.39 is 44.7 Å². The Labute approximate surface area is 120 Å². The quantitative estimate of drug-likeness (QED) is 0.623. The second-order valence-electron chi connectivity index (χ2n) is 3.90. The lowest BCUT2D eigenvalue weighted by molar-refractivity contribution is -0.393. The monoisotopic (exact) mass is 323 g/mol. The van der Waals surface area contributed by atoms with Gasteiger partial charge < -0.3 is 4.74 Å². The van der Waals surface area contributed by atoms with Gasteiger partial charge in [-0.2, -0.15) is 13.2 Å². The molecule has 1 aromatic carbocycles. The summed E-state index contributed by atoms with van der Waals surface area (Å²) in [5.74, 6) is 0. The molecule has 120 valence electrons. The van der Waals surface area contributed by atoms with Crippen LogP contribution in [0.3, 0.4) is 0 Å². The summed E-state index contributed by atoms with van der Waals surface area (Å²) >= 11 is 0. The molecule has 12 heteroatoms. The molecule has 0 bridgehead atoms. The molecule has 0 fully saturated rings. The van der Waals surface area contributed by atoms with Gasteiger partial charge in [-0.25, -0.2) is 4.79 Å². The Balaban J connectivity index is 3.76. The maximum atomic E-state index is 12.7. The number of carbonyl (C=O) groups is 1. The second-order valence-corrected chi connectivity index (χ2v) is 3.90. The highest BCUT2D eigenvalue weighted by atomic mass is 19.4. The molecule has 1 amide bonds. The maximum absolute atomic E-state index is 12.7. The van der Waals surface area contributed by atoms with Crippen LogP contribution >= 0.6 is 0 Å². The molecule has 0 saturated carbocycles. The van der Waals surface area contributed by atoms with Gasteiger partial charge in [-0.3, -0.25) is 25.1 Å². The minimum atomic E-state index is -5.03. The van der Waals surface area contributed by atoms with Crippen LogP contribution < -0.4 is 4.90 Å². The van der Waals surface area contributed by atoms with E-state index in [1.165, 1.54) is 0 Å². The lowest BCUT2D eigenvalue weighted by Crippen LogP contribution is -2.27. The van der Waals surface area contributed by atoms with Crippen LogP contribution in [0.1, 0.15) is 5.56 Å². The predicted octanol–water partition coefficient (Wildman–Crippen LogP) is 2.72. The van der Waals surface area contributed by atoms with Crippen LogP contribution in [-0.4, -0.2) is 30.1 Å². The highest BCUT2D eigenvalue weighted by Crippen LogP contribution is 2.42. The Morgan fingerprint density at radius 2 is 1.59 bits per heavy atom. The number of nitro groups is 2. The maximum Gasteiger partial charge on any atom is 0.416 e. The topological polar surface area (TPSA) is 116 Å². The van der Waals surface area contributed by atoms with Crippen LogP contribution in [0.2, 0.25) is 0 Å². The lowest BCUT2D eigenvalue weighted by atomic mass is 10.1. The Morgan fingerprint density at radius 1 is 1.18 bits per heavy atom. The summed E-state index contributed by atoms with van der Waals surface area (Å²) in [7, 11) is 1.80. The fourth-order valence-corrected chi connectivity index (χ4v) is 1.62. The van der Waals surface area contributed by atoms with E-state index in [-0.39, 0.29) is 12.1 Å². The molecule has 0 aliphatic rings. The number of nitrogens with zero attached hydrogens (tertiary/aromatic N) is 3. The van der Waals surface area contributed by atoms with Crippen LogP contribution in [0.25, 0.3) is 0 Å². The predicted molar refractivity (Wildman–Crippen MR) is 65.6 cm³/mol. The molecule has 0 spiro atoms. The first-order valence-electron chi connectivity index (χ1n) is 5.36. The normalized spacial score (nSPS) is 11.0. The van der Waals surface area contributed by atoms with Crippen molar-refractivity contribution in [1.82, 2.24) is 0 Å². The zero-order valence-electron chi connectivity index (χ0n) is 11.1. The van der Waals surface area contributed by atoms with Gasteiger partial charge in [0.2, 0.25) is 5.69 Å². The van der Waals surface area contributed by atoms with Gasteiger partial charge in [0, 0.05) is 19.2 Å². The molecule has 0 aromatic heterocycles. The Hall–Kier alpha value is -2.92. The minimum Gasteiger partial charge on any atom is -0.452 e. The number of nitro benzene ring substituents is 2. The molecule has 0 aliphatic heterocycles. The van der Waals surface area contributed by atoms with Crippen LogP contribution in [0, 0.1) is 20.2 Å². The summed E-state index contributed by atoms with van der Waals surface area (Å²) in [5.41, 5.74) is -4.97. The molecule has 0 heterocycles. The van der Waals surface area contributed by atoms with Crippen molar-refractivity contribution >= 4 is 23.2 Å². The third-order valence-corrected chi connectivity index (χ3v) is 2.57. The standard InChI is InChI=1S/C10H8F3N3O6/c1-14(9(17)22-2)8-6(15(18)19)3-5(10(11,12)13)4-7(8)16(20)21/h3-4H,1-2H3. The average Bonchev–Trinajstić information content (AvgIpc) is 2.42. The van der Waals surface area contributed by atoms with Gasteiger partial charge in [0.25, 0.3) is 0 Å². The molecular formula is C10H8F3N3O6. The summed E-state index contributed by atoms with van der Waals surface area (Å²) in [5, 5.41) is 21.9. The largest absolute Gasteiger partial charge is 0.452 e. The van der Waals surface area contributed by atoms with Crippen LogP contribution in [-0.2, 0) is 10.9 Å². The molecule has 0 N–H and O–H groups in total. The lowest BCUT2D eigenvalue weighted by Gasteiger charge is -2.16. The fourth-order valence-electron chi connectivity index (χ4n) is 1.62. The number of carbonyl (C=O) groups excluding carboxylic acids is 1. The molecule has 0 atom stereocenters. The summed E-state index contributed by atoms with van der Waals surface area (Å²) in [4.78, 5) is 31.1. The molecule has 0 aliphatic carbocycles. The van der Waals surface area contributed by atoms with Crippen LogP contribution in [0.4, 0.5) is 35.0 Å². The minimum absolute atomic E-state index is 0.113. The van der Waals surface area contributed by atoms with Crippen molar-refractivity contribution in [3.8, 4) is 0 Å². The van der Waals surface area contributed by atoms with Crippen molar-refractivity contribution in [1.29, 1.82) is 0 Å². The van der Waals surface area contributed by atoms with Crippen molar-refractivity contribution in [2.24, 2.45) is 0 Å². The Morgan fingerprint density at radius 3 is 1.86 bits per heavy atom. The number of rotatable bonds is 3. The third kappa shape index (κ3) is 3.21. The third-order valence-electron chi connectivity index (χ3n) is 2.57. The van der Waals surface area contributed by atoms with Gasteiger partial charge in [-0.1, -0.05) is 0 Å². The zero-order valence-corrected chi connectivity index (χ0v) is 11.1.